The van der Waals surface area contributed by atoms with Crippen LogP contribution in [0.5, 0.6) is 0 Å². The molecule has 0 aromatic heterocycles. The maximum absolute atomic E-state index is 13.1. The lowest BCUT2D eigenvalue weighted by Crippen LogP contribution is -2.43. The van der Waals surface area contributed by atoms with Gasteiger partial charge in [-0.2, -0.15) is 4.31 Å². The van der Waals surface area contributed by atoms with Crippen molar-refractivity contribution < 1.29 is 8.42 Å². The summed E-state index contributed by atoms with van der Waals surface area (Å²) >= 11 is 0. The van der Waals surface area contributed by atoms with E-state index in [9.17, 15) is 8.42 Å². The van der Waals surface area contributed by atoms with Crippen LogP contribution < -0.4 is 0 Å². The summed E-state index contributed by atoms with van der Waals surface area (Å²) in [7, 11) is -5.32. The van der Waals surface area contributed by atoms with Gasteiger partial charge in [-0.3, -0.25) is 0 Å². The second-order valence-corrected chi connectivity index (χ2v) is 16.1. The zero-order valence-corrected chi connectivity index (χ0v) is 20.9. The molecule has 0 saturated heterocycles. The molecule has 0 aliphatic rings. The molecule has 158 valence electrons. The zero-order chi connectivity index (χ0) is 21.5. The van der Waals surface area contributed by atoms with Gasteiger partial charge < -0.3 is 0 Å². The van der Waals surface area contributed by atoms with Crippen LogP contribution in [0.3, 0.4) is 0 Å². The molecule has 3 nitrogen and oxygen atoms in total. The van der Waals surface area contributed by atoms with Crippen LogP contribution in [-0.2, 0) is 10.0 Å². The molecule has 5 heteroatoms. The molecule has 1 aromatic rings. The first-order valence-corrected chi connectivity index (χ1v) is 14.3. The molecular formula is C23H39NO2SSi. The van der Waals surface area contributed by atoms with Gasteiger partial charge in [-0.1, -0.05) is 67.4 Å². The van der Waals surface area contributed by atoms with Crippen molar-refractivity contribution >= 4 is 18.1 Å². The van der Waals surface area contributed by atoms with Gasteiger partial charge in [0.1, 0.15) is 8.07 Å². The Bertz CT molecular complexity index is 761. The Morgan fingerprint density at radius 3 is 1.86 bits per heavy atom. The number of hydrogen-bond acceptors (Lipinski definition) is 2. The highest BCUT2D eigenvalue weighted by atomic mass is 32.2. The third-order valence-corrected chi connectivity index (χ3v) is 13.9. The Labute approximate surface area is 175 Å². The first kappa shape index (κ1) is 24.9. The molecule has 28 heavy (non-hydrogen) atoms. The molecule has 0 atom stereocenters. The average Bonchev–Trinajstić information content (AvgIpc) is 2.61. The summed E-state index contributed by atoms with van der Waals surface area (Å²) in [5, 5.41) is 0. The van der Waals surface area contributed by atoms with Crippen molar-refractivity contribution in [3.05, 3.63) is 29.8 Å². The molecule has 0 amide bonds. The van der Waals surface area contributed by atoms with Crippen LogP contribution in [0.15, 0.2) is 29.2 Å². The van der Waals surface area contributed by atoms with Gasteiger partial charge in [0.2, 0.25) is 10.0 Å². The SMILES string of the molecule is CCCN(CCC)S(=O)(=O)c1cccc(C#C[Si](C(C)C)(C(C)C)C(C)C)c1. The Balaban J connectivity index is 3.38. The fourth-order valence-corrected chi connectivity index (χ4v) is 11.2. The van der Waals surface area contributed by atoms with Gasteiger partial charge >= 0.3 is 0 Å². The Hall–Kier alpha value is -1.09. The second-order valence-electron chi connectivity index (χ2n) is 8.58. The highest BCUT2D eigenvalue weighted by molar-refractivity contribution is 7.89. The first-order valence-electron chi connectivity index (χ1n) is 10.7. The van der Waals surface area contributed by atoms with E-state index in [0.29, 0.717) is 34.6 Å². The van der Waals surface area contributed by atoms with E-state index in [2.05, 4.69) is 53.0 Å². The molecule has 0 unspecified atom stereocenters. The van der Waals surface area contributed by atoms with Gasteiger partial charge in [0.05, 0.1) is 4.90 Å². The molecule has 0 N–H and O–H groups in total. The topological polar surface area (TPSA) is 37.4 Å². The van der Waals surface area contributed by atoms with Gasteiger partial charge in [0, 0.05) is 18.7 Å². The van der Waals surface area contributed by atoms with E-state index in [4.69, 9.17) is 0 Å². The van der Waals surface area contributed by atoms with Crippen LogP contribution in [0.4, 0.5) is 0 Å². The fourth-order valence-electron chi connectivity index (χ4n) is 4.35. The minimum atomic E-state index is -3.47. The van der Waals surface area contributed by atoms with Crippen molar-refractivity contribution in [1.29, 1.82) is 0 Å². The van der Waals surface area contributed by atoms with Crippen molar-refractivity contribution in [3.63, 3.8) is 0 Å². The summed E-state index contributed by atoms with van der Waals surface area (Å²) in [6.45, 7) is 18.8. The summed E-state index contributed by atoms with van der Waals surface area (Å²) in [5.74, 6) is 3.37. The van der Waals surface area contributed by atoms with E-state index >= 15 is 0 Å². The Morgan fingerprint density at radius 1 is 0.929 bits per heavy atom. The third-order valence-electron chi connectivity index (χ3n) is 5.71. The number of nitrogens with zero attached hydrogens (tertiary/aromatic N) is 1. The van der Waals surface area contributed by atoms with Crippen LogP contribution in [0.2, 0.25) is 16.6 Å². The molecule has 0 saturated carbocycles. The standard InChI is InChI=1S/C23H39NO2SSi/c1-9-15-24(16-10-2)27(25,26)23-13-11-12-22(18-23)14-17-28(19(3)4,20(5)6)21(7)8/h11-13,18-21H,9-10,15-16H2,1-8H3. The summed E-state index contributed by atoms with van der Waals surface area (Å²) in [6.07, 6.45) is 1.62. The van der Waals surface area contributed by atoms with Crippen LogP contribution in [0.25, 0.3) is 0 Å². The molecule has 1 aromatic carbocycles. The van der Waals surface area contributed by atoms with Gasteiger partial charge in [0.15, 0.2) is 0 Å². The summed E-state index contributed by atoms with van der Waals surface area (Å²) < 4.78 is 27.7. The van der Waals surface area contributed by atoms with Gasteiger partial charge in [-0.15, -0.1) is 5.54 Å². The van der Waals surface area contributed by atoms with Crippen LogP contribution in [0, 0.1) is 11.5 Å². The average molecular weight is 422 g/mol. The van der Waals surface area contributed by atoms with Crippen molar-refractivity contribution in [1.82, 2.24) is 4.31 Å². The lowest BCUT2D eigenvalue weighted by atomic mass is 10.2. The number of hydrogen-bond donors (Lipinski definition) is 0. The van der Waals surface area contributed by atoms with Gasteiger partial charge in [-0.25, -0.2) is 8.42 Å². The third kappa shape index (κ3) is 5.49. The minimum Gasteiger partial charge on any atom is -0.207 e. The predicted molar refractivity (Wildman–Crippen MR) is 124 cm³/mol. The molecule has 0 bridgehead atoms. The largest absolute Gasteiger partial charge is 0.243 e. The molecular weight excluding hydrogens is 382 g/mol. The quantitative estimate of drug-likeness (QED) is 0.358. The smallest absolute Gasteiger partial charge is 0.207 e. The van der Waals surface area contributed by atoms with Crippen molar-refractivity contribution in [2.24, 2.45) is 0 Å². The van der Waals surface area contributed by atoms with Crippen LogP contribution in [0.1, 0.15) is 73.8 Å². The second kappa shape index (κ2) is 10.6. The normalized spacial score (nSPS) is 12.7. The fraction of sp³-hybridized carbons (Fsp3) is 0.652. The number of benzene rings is 1. The van der Waals surface area contributed by atoms with Gasteiger partial charge in [-0.05, 0) is 47.7 Å². The van der Waals surface area contributed by atoms with Crippen molar-refractivity contribution in [2.45, 2.75) is 89.8 Å². The highest BCUT2D eigenvalue weighted by Gasteiger charge is 2.41. The van der Waals surface area contributed by atoms with E-state index < -0.39 is 18.1 Å². The summed E-state index contributed by atoms with van der Waals surface area (Å²) in [5.41, 5.74) is 6.14. The minimum absolute atomic E-state index is 0.354. The molecule has 0 radical (unpaired) electrons. The van der Waals surface area contributed by atoms with Crippen LogP contribution in [-0.4, -0.2) is 33.9 Å². The molecule has 0 spiro atoms. The molecule has 0 aliphatic heterocycles. The first-order chi connectivity index (χ1) is 13.0. The van der Waals surface area contributed by atoms with Crippen LogP contribution >= 0.6 is 0 Å². The molecule has 1 rings (SSSR count). The lowest BCUT2D eigenvalue weighted by molar-refractivity contribution is 0.410. The van der Waals surface area contributed by atoms with Crippen molar-refractivity contribution in [3.8, 4) is 11.5 Å². The summed E-state index contributed by atoms with van der Waals surface area (Å²) in [6, 6.07) is 7.18. The Kier molecular flexibility index (Phi) is 9.46. The molecule has 0 aliphatic carbocycles. The maximum Gasteiger partial charge on any atom is 0.243 e. The number of sulfonamides is 1. The maximum atomic E-state index is 13.1. The van der Waals surface area contributed by atoms with E-state index in [-0.39, 0.29) is 0 Å². The lowest BCUT2D eigenvalue weighted by Gasteiger charge is -2.38. The molecule has 0 fully saturated rings. The van der Waals surface area contributed by atoms with E-state index in [1.54, 1.807) is 16.4 Å². The Morgan fingerprint density at radius 2 is 1.43 bits per heavy atom. The zero-order valence-electron chi connectivity index (χ0n) is 19.0. The predicted octanol–water partition coefficient (Wildman–Crippen LogP) is 6.07. The van der Waals surface area contributed by atoms with E-state index in [0.717, 1.165) is 18.4 Å². The monoisotopic (exact) mass is 421 g/mol. The van der Waals surface area contributed by atoms with E-state index in [1.807, 2.05) is 26.0 Å². The van der Waals surface area contributed by atoms with E-state index in [1.165, 1.54) is 0 Å². The number of rotatable bonds is 9. The van der Waals surface area contributed by atoms with Crippen molar-refractivity contribution in [2.75, 3.05) is 13.1 Å². The molecule has 0 heterocycles. The highest BCUT2D eigenvalue weighted by Crippen LogP contribution is 2.40. The summed E-state index contributed by atoms with van der Waals surface area (Å²) in [4.78, 5) is 0.354. The van der Waals surface area contributed by atoms with Gasteiger partial charge in [0.25, 0.3) is 0 Å².